The average molecular weight is 326 g/mol. The summed E-state index contributed by atoms with van der Waals surface area (Å²) in [6.07, 6.45) is 1.46. The maximum atomic E-state index is 10.9. The summed E-state index contributed by atoms with van der Waals surface area (Å²) in [5.41, 5.74) is 0.204. The number of benzene rings is 1. The first-order valence-corrected chi connectivity index (χ1v) is 6.19. The second kappa shape index (κ2) is 5.53. The number of nitrogens with zero attached hydrogens (tertiary/aromatic N) is 1. The molecule has 0 saturated carbocycles. The molecule has 4 nitrogen and oxygen atoms in total. The quantitative estimate of drug-likeness (QED) is 0.493. The summed E-state index contributed by atoms with van der Waals surface area (Å²) < 4.78 is 33.5. The molecule has 0 radical (unpaired) electrons. The van der Waals surface area contributed by atoms with Gasteiger partial charge in [-0.2, -0.15) is 0 Å². The van der Waals surface area contributed by atoms with Gasteiger partial charge in [-0.05, 0) is 28.1 Å². The maximum Gasteiger partial charge on any atom is 1.00 e. The molecule has 0 aliphatic carbocycles. The number of halogens is 1. The molecule has 0 aliphatic heterocycles. The number of pyridine rings is 1. The van der Waals surface area contributed by atoms with E-state index in [4.69, 9.17) is 0 Å². The molecule has 0 amide bonds. The van der Waals surface area contributed by atoms with Crippen molar-refractivity contribution in [3.8, 4) is 0 Å². The standard InChI is InChI=1S/C9H6BrNO3S.K/c10-7-4-6-2-1-3-8(15(12,13)14)9(6)11-5-7;/h1-5H,(H,12,13,14);/q;+1/p-1. The van der Waals surface area contributed by atoms with Crippen LogP contribution in [0.2, 0.25) is 0 Å². The smallest absolute Gasteiger partial charge is 0.744 e. The minimum Gasteiger partial charge on any atom is -0.744 e. The fraction of sp³-hybridized carbons (Fsp3) is 0. The number of rotatable bonds is 1. The SMILES string of the molecule is O=S(=O)([O-])c1cccc2cc(Br)cnc12.[K+]. The Morgan fingerprint density at radius 3 is 2.62 bits per heavy atom. The molecule has 16 heavy (non-hydrogen) atoms. The van der Waals surface area contributed by atoms with Gasteiger partial charge in [0.2, 0.25) is 0 Å². The van der Waals surface area contributed by atoms with Gasteiger partial charge in [-0.25, -0.2) is 8.42 Å². The van der Waals surface area contributed by atoms with Gasteiger partial charge in [0.05, 0.1) is 10.4 Å². The minimum absolute atomic E-state index is 0. The summed E-state index contributed by atoms with van der Waals surface area (Å²) in [5.74, 6) is 0. The molecule has 0 bridgehead atoms. The van der Waals surface area contributed by atoms with Crippen molar-refractivity contribution in [3.63, 3.8) is 0 Å². The number of aromatic nitrogens is 1. The molecular weight excluding hydrogens is 321 g/mol. The normalized spacial score (nSPS) is 11.1. The molecule has 78 valence electrons. The summed E-state index contributed by atoms with van der Waals surface area (Å²) in [6, 6.07) is 6.17. The van der Waals surface area contributed by atoms with E-state index in [1.54, 1.807) is 12.1 Å². The zero-order valence-corrected chi connectivity index (χ0v) is 13.9. The third kappa shape index (κ3) is 3.11. The fourth-order valence-electron chi connectivity index (χ4n) is 1.31. The second-order valence-electron chi connectivity index (χ2n) is 2.94. The topological polar surface area (TPSA) is 70.1 Å². The van der Waals surface area contributed by atoms with E-state index in [9.17, 15) is 13.0 Å². The summed E-state index contributed by atoms with van der Waals surface area (Å²) in [7, 11) is -4.47. The molecule has 2 aromatic rings. The minimum atomic E-state index is -4.47. The van der Waals surface area contributed by atoms with Crippen LogP contribution in [0.3, 0.4) is 0 Å². The number of fused-ring (bicyclic) bond motifs is 1. The van der Waals surface area contributed by atoms with Gasteiger partial charge in [0.1, 0.15) is 10.1 Å². The molecule has 2 rings (SSSR count). The molecule has 0 fully saturated rings. The monoisotopic (exact) mass is 325 g/mol. The van der Waals surface area contributed by atoms with Gasteiger partial charge in [-0.15, -0.1) is 0 Å². The van der Waals surface area contributed by atoms with Crippen LogP contribution in [0.4, 0.5) is 0 Å². The second-order valence-corrected chi connectivity index (χ2v) is 5.20. The first-order valence-electron chi connectivity index (χ1n) is 3.98. The Hall–Kier alpha value is 0.656. The van der Waals surface area contributed by atoms with Crippen LogP contribution in [0, 0.1) is 0 Å². The first kappa shape index (κ1) is 14.7. The first-order chi connectivity index (χ1) is 6.98. The van der Waals surface area contributed by atoms with Crippen LogP contribution in [-0.2, 0) is 10.1 Å². The van der Waals surface area contributed by atoms with Crippen LogP contribution < -0.4 is 51.4 Å². The summed E-state index contributed by atoms with van der Waals surface area (Å²) in [4.78, 5) is 3.64. The largest absolute Gasteiger partial charge is 1.00 e. The summed E-state index contributed by atoms with van der Waals surface area (Å²) >= 11 is 3.22. The molecule has 0 saturated heterocycles. The Morgan fingerprint density at radius 2 is 2.00 bits per heavy atom. The third-order valence-corrected chi connectivity index (χ3v) is 3.21. The molecule has 1 aromatic carbocycles. The van der Waals surface area contributed by atoms with Crippen LogP contribution in [-0.4, -0.2) is 18.0 Å². The predicted octanol–water partition coefficient (Wildman–Crippen LogP) is -1.09. The molecule has 0 unspecified atom stereocenters. The van der Waals surface area contributed by atoms with Gasteiger partial charge in [0.25, 0.3) is 0 Å². The number of hydrogen-bond donors (Lipinski definition) is 0. The van der Waals surface area contributed by atoms with Crippen molar-refractivity contribution in [1.82, 2.24) is 4.98 Å². The molecule has 1 heterocycles. The van der Waals surface area contributed by atoms with E-state index in [2.05, 4.69) is 20.9 Å². The fourth-order valence-corrected chi connectivity index (χ4v) is 2.31. The molecular formula is C9H5BrKNO3S. The van der Waals surface area contributed by atoms with E-state index in [0.717, 1.165) is 4.47 Å². The molecule has 0 atom stereocenters. The Balaban J connectivity index is 0.00000128. The van der Waals surface area contributed by atoms with E-state index in [0.29, 0.717) is 5.39 Å². The predicted molar refractivity (Wildman–Crippen MR) is 57.4 cm³/mol. The van der Waals surface area contributed by atoms with E-state index in [-0.39, 0.29) is 61.8 Å². The molecule has 7 heteroatoms. The van der Waals surface area contributed by atoms with Crippen LogP contribution in [0.5, 0.6) is 0 Å². The summed E-state index contributed by atoms with van der Waals surface area (Å²) in [6.45, 7) is 0. The summed E-state index contributed by atoms with van der Waals surface area (Å²) in [5, 5.41) is 0.612. The Labute approximate surface area is 144 Å². The number of hydrogen-bond acceptors (Lipinski definition) is 4. The Bertz CT molecular complexity index is 630. The van der Waals surface area contributed by atoms with Crippen molar-refractivity contribution in [1.29, 1.82) is 0 Å². The van der Waals surface area contributed by atoms with Crippen molar-refractivity contribution in [3.05, 3.63) is 34.9 Å². The molecule has 1 aromatic heterocycles. The van der Waals surface area contributed by atoms with Crippen molar-refractivity contribution in [2.24, 2.45) is 0 Å². The van der Waals surface area contributed by atoms with Gasteiger partial charge in [-0.3, -0.25) is 4.98 Å². The van der Waals surface area contributed by atoms with Gasteiger partial charge in [0, 0.05) is 16.1 Å². The maximum absolute atomic E-state index is 10.9. The molecule has 0 N–H and O–H groups in total. The van der Waals surface area contributed by atoms with Crippen LogP contribution in [0.15, 0.2) is 39.8 Å². The Morgan fingerprint density at radius 1 is 1.31 bits per heavy atom. The van der Waals surface area contributed by atoms with E-state index in [1.807, 2.05) is 0 Å². The van der Waals surface area contributed by atoms with Crippen molar-refractivity contribution < 1.29 is 64.4 Å². The Kier molecular flexibility index (Phi) is 5.09. The van der Waals surface area contributed by atoms with E-state index in [1.165, 1.54) is 18.3 Å². The van der Waals surface area contributed by atoms with Gasteiger partial charge >= 0.3 is 51.4 Å². The van der Waals surface area contributed by atoms with Gasteiger partial charge < -0.3 is 4.55 Å². The zero-order chi connectivity index (χ0) is 11.1. The van der Waals surface area contributed by atoms with Crippen LogP contribution >= 0.6 is 15.9 Å². The van der Waals surface area contributed by atoms with E-state index < -0.39 is 10.1 Å². The van der Waals surface area contributed by atoms with Gasteiger partial charge in [0.15, 0.2) is 0 Å². The van der Waals surface area contributed by atoms with Gasteiger partial charge in [-0.1, -0.05) is 12.1 Å². The number of para-hydroxylation sites is 1. The van der Waals surface area contributed by atoms with Crippen molar-refractivity contribution >= 4 is 37.0 Å². The van der Waals surface area contributed by atoms with Crippen molar-refractivity contribution in [2.75, 3.05) is 0 Å². The van der Waals surface area contributed by atoms with Crippen molar-refractivity contribution in [2.45, 2.75) is 4.90 Å². The zero-order valence-electron chi connectivity index (χ0n) is 8.34. The third-order valence-electron chi connectivity index (χ3n) is 1.91. The van der Waals surface area contributed by atoms with Crippen LogP contribution in [0.25, 0.3) is 10.9 Å². The average Bonchev–Trinajstić information content (AvgIpc) is 2.15. The molecule has 0 spiro atoms. The molecule has 0 aliphatic rings. The van der Waals surface area contributed by atoms with Crippen LogP contribution in [0.1, 0.15) is 0 Å². The van der Waals surface area contributed by atoms with E-state index >= 15 is 0 Å².